The van der Waals surface area contributed by atoms with Crippen LogP contribution in [0.25, 0.3) is 0 Å². The number of ether oxygens (including phenoxy) is 1. The number of carbonyl (C=O) groups excluding carboxylic acids is 3. The Kier molecular flexibility index (Phi) is 9.26. The van der Waals surface area contributed by atoms with E-state index >= 15 is 0 Å². The van der Waals surface area contributed by atoms with Crippen molar-refractivity contribution in [3.63, 3.8) is 0 Å². The van der Waals surface area contributed by atoms with Gasteiger partial charge in [0.05, 0.1) is 10.9 Å². The Morgan fingerprint density at radius 1 is 1.03 bits per heavy atom. The first-order valence-electron chi connectivity index (χ1n) is 12.5. The van der Waals surface area contributed by atoms with Crippen LogP contribution < -0.4 is 4.72 Å². The highest BCUT2D eigenvalue weighted by Gasteiger charge is 2.37. The number of Topliss-reactive ketones (excluding diaryl/α,β-unsaturated/α-hetero) is 1. The van der Waals surface area contributed by atoms with Gasteiger partial charge in [0.2, 0.25) is 15.9 Å². The van der Waals surface area contributed by atoms with Crippen LogP contribution in [-0.2, 0) is 35.6 Å². The van der Waals surface area contributed by atoms with E-state index < -0.39 is 33.7 Å². The van der Waals surface area contributed by atoms with E-state index in [1.807, 2.05) is 37.3 Å². The Labute approximate surface area is 219 Å². The third kappa shape index (κ3) is 8.23. The fraction of sp³-hybridized carbons (Fsp3) is 0.464. The van der Waals surface area contributed by atoms with E-state index in [0.29, 0.717) is 19.4 Å². The molecule has 1 aliphatic rings. The zero-order chi connectivity index (χ0) is 27.2. The molecule has 0 aliphatic carbocycles. The lowest BCUT2D eigenvalue weighted by Crippen LogP contribution is -2.45. The lowest BCUT2D eigenvalue weighted by Gasteiger charge is -2.27. The standard InChI is InChI=1S/C28H36N2O6S/c1-20-12-14-22(15-13-20)37(34,35)29-23(19-21-9-6-5-7-10-21)25(31)16-17-26(32)30-18-8-11-24(30)27(33)36-28(2,3)4/h5-7,9-10,12-15,23-24,29H,8,11,16-19H2,1-4H3/t23-,24+/m1/s1. The lowest BCUT2D eigenvalue weighted by atomic mass is 10.0. The van der Waals surface area contributed by atoms with Crippen LogP contribution in [0.2, 0.25) is 0 Å². The molecule has 0 unspecified atom stereocenters. The van der Waals surface area contributed by atoms with Gasteiger partial charge in [0.1, 0.15) is 11.6 Å². The van der Waals surface area contributed by atoms with Crippen molar-refractivity contribution in [3.05, 3.63) is 65.7 Å². The molecule has 0 spiro atoms. The third-order valence-corrected chi connectivity index (χ3v) is 7.62. The number of sulfonamides is 1. The van der Waals surface area contributed by atoms with Gasteiger partial charge in [-0.1, -0.05) is 48.0 Å². The molecule has 1 saturated heterocycles. The smallest absolute Gasteiger partial charge is 0.329 e. The first-order chi connectivity index (χ1) is 17.4. The summed E-state index contributed by atoms with van der Waals surface area (Å²) in [7, 11) is -3.96. The quantitative estimate of drug-likeness (QED) is 0.472. The predicted molar refractivity (Wildman–Crippen MR) is 140 cm³/mol. The molecule has 0 radical (unpaired) electrons. The van der Waals surface area contributed by atoms with E-state index in [-0.39, 0.29) is 35.8 Å². The molecule has 2 aromatic rings. The highest BCUT2D eigenvalue weighted by molar-refractivity contribution is 7.89. The number of nitrogens with one attached hydrogen (secondary N) is 1. The summed E-state index contributed by atoms with van der Waals surface area (Å²) in [6.45, 7) is 7.60. The Morgan fingerprint density at radius 2 is 1.68 bits per heavy atom. The molecule has 0 bridgehead atoms. The number of amides is 1. The Morgan fingerprint density at radius 3 is 2.30 bits per heavy atom. The molecule has 1 amide bonds. The third-order valence-electron chi connectivity index (χ3n) is 6.14. The number of nitrogens with zero attached hydrogens (tertiary/aromatic N) is 1. The topological polar surface area (TPSA) is 110 Å². The molecule has 3 rings (SSSR count). The van der Waals surface area contributed by atoms with Crippen LogP contribution in [0.1, 0.15) is 57.6 Å². The summed E-state index contributed by atoms with van der Waals surface area (Å²) in [6, 6.07) is 13.8. The van der Waals surface area contributed by atoms with Crippen LogP contribution in [0.4, 0.5) is 0 Å². The summed E-state index contributed by atoms with van der Waals surface area (Å²) in [6.07, 6.45) is 1.08. The minimum Gasteiger partial charge on any atom is -0.458 e. The van der Waals surface area contributed by atoms with Gasteiger partial charge in [-0.05, 0) is 64.7 Å². The first kappa shape index (κ1) is 28.5. The molecule has 9 heteroatoms. The minimum atomic E-state index is -3.96. The molecule has 37 heavy (non-hydrogen) atoms. The van der Waals surface area contributed by atoms with Gasteiger partial charge in [-0.15, -0.1) is 0 Å². The monoisotopic (exact) mass is 528 g/mol. The van der Waals surface area contributed by atoms with Crippen molar-refractivity contribution in [2.45, 2.75) is 82.4 Å². The lowest BCUT2D eigenvalue weighted by molar-refractivity contribution is -0.163. The molecule has 200 valence electrons. The van der Waals surface area contributed by atoms with E-state index in [2.05, 4.69) is 4.72 Å². The van der Waals surface area contributed by atoms with Crippen molar-refractivity contribution in [2.75, 3.05) is 6.54 Å². The maximum atomic E-state index is 13.2. The highest BCUT2D eigenvalue weighted by Crippen LogP contribution is 2.23. The normalized spacial score (nSPS) is 16.9. The number of ketones is 1. The van der Waals surface area contributed by atoms with Gasteiger partial charge in [-0.2, -0.15) is 0 Å². The predicted octanol–water partition coefficient (Wildman–Crippen LogP) is 3.57. The molecule has 2 aromatic carbocycles. The molecule has 1 heterocycles. The summed E-state index contributed by atoms with van der Waals surface area (Å²) in [5.41, 5.74) is 1.05. The second kappa shape index (κ2) is 12.0. The van der Waals surface area contributed by atoms with Crippen LogP contribution >= 0.6 is 0 Å². The fourth-order valence-electron chi connectivity index (χ4n) is 4.27. The van der Waals surface area contributed by atoms with Crippen molar-refractivity contribution >= 4 is 27.7 Å². The van der Waals surface area contributed by atoms with E-state index in [1.165, 1.54) is 17.0 Å². The molecule has 1 aliphatic heterocycles. The minimum absolute atomic E-state index is 0.0670. The number of hydrogen-bond donors (Lipinski definition) is 1. The zero-order valence-corrected chi connectivity index (χ0v) is 22.7. The summed E-state index contributed by atoms with van der Waals surface area (Å²) < 4.78 is 34.1. The average Bonchev–Trinajstić information content (AvgIpc) is 3.32. The van der Waals surface area contributed by atoms with Crippen molar-refractivity contribution in [1.29, 1.82) is 0 Å². The van der Waals surface area contributed by atoms with E-state index in [4.69, 9.17) is 4.74 Å². The summed E-state index contributed by atoms with van der Waals surface area (Å²) >= 11 is 0. The van der Waals surface area contributed by atoms with E-state index in [9.17, 15) is 22.8 Å². The number of rotatable bonds is 10. The largest absolute Gasteiger partial charge is 0.458 e. The van der Waals surface area contributed by atoms with Crippen LogP contribution in [0.3, 0.4) is 0 Å². The van der Waals surface area contributed by atoms with E-state index in [0.717, 1.165) is 11.1 Å². The molecule has 1 fully saturated rings. The highest BCUT2D eigenvalue weighted by atomic mass is 32.2. The van der Waals surface area contributed by atoms with Gasteiger partial charge in [-0.25, -0.2) is 17.9 Å². The van der Waals surface area contributed by atoms with Gasteiger partial charge in [-0.3, -0.25) is 9.59 Å². The Bertz CT molecular complexity index is 1200. The van der Waals surface area contributed by atoms with Crippen molar-refractivity contribution < 1.29 is 27.5 Å². The van der Waals surface area contributed by atoms with Gasteiger partial charge in [0.15, 0.2) is 5.78 Å². The number of carbonyl (C=O) groups is 3. The molecule has 2 atom stereocenters. The fourth-order valence-corrected chi connectivity index (χ4v) is 5.49. The molecular weight excluding hydrogens is 492 g/mol. The van der Waals surface area contributed by atoms with Crippen LogP contribution in [0.5, 0.6) is 0 Å². The first-order valence-corrected chi connectivity index (χ1v) is 14.0. The number of likely N-dealkylation sites (tertiary alicyclic amines) is 1. The molecule has 0 saturated carbocycles. The summed E-state index contributed by atoms with van der Waals surface area (Å²) in [4.78, 5) is 40.3. The van der Waals surface area contributed by atoms with Gasteiger partial charge in [0.25, 0.3) is 0 Å². The summed E-state index contributed by atoms with van der Waals surface area (Å²) in [5, 5.41) is 0. The van der Waals surface area contributed by atoms with Crippen molar-refractivity contribution in [1.82, 2.24) is 9.62 Å². The van der Waals surface area contributed by atoms with Crippen LogP contribution in [-0.4, -0.2) is 55.2 Å². The molecule has 1 N–H and O–H groups in total. The van der Waals surface area contributed by atoms with Gasteiger partial charge in [0, 0.05) is 19.4 Å². The number of esters is 1. The van der Waals surface area contributed by atoms with Crippen LogP contribution in [0, 0.1) is 6.92 Å². The van der Waals surface area contributed by atoms with Crippen molar-refractivity contribution in [2.24, 2.45) is 0 Å². The van der Waals surface area contributed by atoms with Gasteiger partial charge >= 0.3 is 5.97 Å². The zero-order valence-electron chi connectivity index (χ0n) is 21.9. The molecule has 0 aromatic heterocycles. The maximum absolute atomic E-state index is 13.2. The molecule has 8 nitrogen and oxygen atoms in total. The number of benzene rings is 2. The number of hydrogen-bond acceptors (Lipinski definition) is 6. The Balaban J connectivity index is 1.70. The Hall–Kier alpha value is -3.04. The second-order valence-electron chi connectivity index (χ2n) is 10.4. The summed E-state index contributed by atoms with van der Waals surface area (Å²) in [5.74, 6) is -1.15. The average molecular weight is 529 g/mol. The maximum Gasteiger partial charge on any atom is 0.329 e. The van der Waals surface area contributed by atoms with Gasteiger partial charge < -0.3 is 9.64 Å². The SMILES string of the molecule is Cc1ccc(S(=O)(=O)N[C@H](Cc2ccccc2)C(=O)CCC(=O)N2CCC[C@H]2C(=O)OC(C)(C)C)cc1. The van der Waals surface area contributed by atoms with E-state index in [1.54, 1.807) is 32.9 Å². The molecular formula is C28H36N2O6S. The van der Waals surface area contributed by atoms with Crippen LogP contribution in [0.15, 0.2) is 59.5 Å². The number of aryl methyl sites for hydroxylation is 1. The second-order valence-corrected chi connectivity index (χ2v) is 12.1. The van der Waals surface area contributed by atoms with Crippen molar-refractivity contribution in [3.8, 4) is 0 Å².